The van der Waals surface area contributed by atoms with Crippen LogP contribution >= 0.6 is 11.6 Å². The molecule has 0 saturated heterocycles. The van der Waals surface area contributed by atoms with Gasteiger partial charge in [-0.2, -0.15) is 0 Å². The molecular formula is C17H20ClFN2. The Morgan fingerprint density at radius 3 is 2.57 bits per heavy atom. The molecule has 0 radical (unpaired) electrons. The molecule has 2 nitrogen and oxygen atoms in total. The Balaban J connectivity index is 2.33. The normalized spacial score (nSPS) is 12.2. The summed E-state index contributed by atoms with van der Waals surface area (Å²) in [5.74, 6) is -0.194. The molecule has 2 aromatic rings. The molecule has 112 valence electrons. The average molecular weight is 307 g/mol. The summed E-state index contributed by atoms with van der Waals surface area (Å²) in [6.07, 6.45) is 0. The summed E-state index contributed by atoms with van der Waals surface area (Å²) >= 11 is 6.20. The van der Waals surface area contributed by atoms with Crippen molar-refractivity contribution in [2.75, 3.05) is 19.0 Å². The fourth-order valence-corrected chi connectivity index (χ4v) is 2.59. The largest absolute Gasteiger partial charge is 0.370 e. The van der Waals surface area contributed by atoms with Crippen molar-refractivity contribution < 1.29 is 4.39 Å². The fraction of sp³-hybridized carbons (Fsp3) is 0.294. The van der Waals surface area contributed by atoms with Crippen LogP contribution in [-0.4, -0.2) is 14.1 Å². The summed E-state index contributed by atoms with van der Waals surface area (Å²) in [6, 6.07) is 12.8. The Morgan fingerprint density at radius 2 is 1.90 bits per heavy atom. The van der Waals surface area contributed by atoms with Crippen LogP contribution in [0.3, 0.4) is 0 Å². The third-order valence-electron chi connectivity index (χ3n) is 3.67. The number of benzene rings is 2. The Labute approximate surface area is 130 Å². The van der Waals surface area contributed by atoms with E-state index in [0.717, 1.165) is 16.3 Å². The molecule has 0 spiro atoms. The molecule has 0 aliphatic heterocycles. The molecular weight excluding hydrogens is 287 g/mol. The minimum Gasteiger partial charge on any atom is -0.370 e. The topological polar surface area (TPSA) is 15.3 Å². The van der Waals surface area contributed by atoms with Gasteiger partial charge in [0.2, 0.25) is 0 Å². The summed E-state index contributed by atoms with van der Waals surface area (Å²) in [6.45, 7) is 2.58. The van der Waals surface area contributed by atoms with Crippen molar-refractivity contribution in [2.24, 2.45) is 0 Å². The monoisotopic (exact) mass is 306 g/mol. The molecule has 21 heavy (non-hydrogen) atoms. The van der Waals surface area contributed by atoms with Crippen molar-refractivity contribution in [1.82, 2.24) is 5.32 Å². The number of hydrogen-bond donors (Lipinski definition) is 1. The van der Waals surface area contributed by atoms with Crippen LogP contribution in [0.25, 0.3) is 0 Å². The highest BCUT2D eigenvalue weighted by Gasteiger charge is 2.17. The van der Waals surface area contributed by atoms with Gasteiger partial charge in [-0.25, -0.2) is 4.39 Å². The molecule has 4 heteroatoms. The lowest BCUT2D eigenvalue weighted by molar-refractivity contribution is 0.560. The number of nitrogens with one attached hydrogen (secondary N) is 1. The first-order chi connectivity index (χ1) is 10.0. The predicted octanol–water partition coefficient (Wildman–Crippen LogP) is 4.40. The quantitative estimate of drug-likeness (QED) is 0.881. The van der Waals surface area contributed by atoms with Crippen LogP contribution in [0.15, 0.2) is 42.5 Å². The number of anilines is 1. The molecule has 0 aromatic heterocycles. The van der Waals surface area contributed by atoms with E-state index in [9.17, 15) is 4.39 Å². The molecule has 0 bridgehead atoms. The van der Waals surface area contributed by atoms with Gasteiger partial charge in [-0.15, -0.1) is 0 Å². The van der Waals surface area contributed by atoms with Crippen LogP contribution in [-0.2, 0) is 6.54 Å². The zero-order valence-electron chi connectivity index (χ0n) is 12.5. The molecule has 0 fully saturated rings. The second-order valence-electron chi connectivity index (χ2n) is 5.13. The van der Waals surface area contributed by atoms with E-state index in [1.54, 1.807) is 6.07 Å². The molecule has 2 aromatic carbocycles. The Morgan fingerprint density at radius 1 is 1.19 bits per heavy atom. The van der Waals surface area contributed by atoms with Gasteiger partial charge in [-0.05, 0) is 37.7 Å². The molecule has 1 unspecified atom stereocenters. The lowest BCUT2D eigenvalue weighted by Gasteiger charge is -2.26. The van der Waals surface area contributed by atoms with Crippen LogP contribution in [0.5, 0.6) is 0 Å². The molecule has 2 rings (SSSR count). The van der Waals surface area contributed by atoms with Crippen molar-refractivity contribution in [1.29, 1.82) is 0 Å². The summed E-state index contributed by atoms with van der Waals surface area (Å²) in [5, 5.41) is 3.83. The molecule has 0 aliphatic rings. The molecule has 1 N–H and O–H groups in total. The van der Waals surface area contributed by atoms with Crippen LogP contribution < -0.4 is 10.2 Å². The number of nitrogens with zero attached hydrogens (tertiary/aromatic N) is 1. The van der Waals surface area contributed by atoms with Crippen molar-refractivity contribution in [2.45, 2.75) is 19.5 Å². The van der Waals surface area contributed by atoms with Gasteiger partial charge in [0.25, 0.3) is 0 Å². The van der Waals surface area contributed by atoms with Gasteiger partial charge in [0, 0.05) is 35.9 Å². The van der Waals surface area contributed by atoms with E-state index in [1.807, 2.05) is 56.3 Å². The smallest absolute Gasteiger partial charge is 0.130 e. The minimum atomic E-state index is -0.194. The van der Waals surface area contributed by atoms with E-state index in [4.69, 9.17) is 11.6 Å². The summed E-state index contributed by atoms with van der Waals surface area (Å²) in [5.41, 5.74) is 2.57. The second kappa shape index (κ2) is 6.92. The van der Waals surface area contributed by atoms with Gasteiger partial charge in [-0.3, -0.25) is 0 Å². The van der Waals surface area contributed by atoms with Gasteiger partial charge in [0.1, 0.15) is 5.82 Å². The molecule has 0 amide bonds. The lowest BCUT2D eigenvalue weighted by Crippen LogP contribution is -2.22. The second-order valence-corrected chi connectivity index (χ2v) is 5.54. The maximum absolute atomic E-state index is 14.2. The maximum Gasteiger partial charge on any atom is 0.130 e. The fourth-order valence-electron chi connectivity index (χ4n) is 2.40. The van der Waals surface area contributed by atoms with E-state index in [1.165, 1.54) is 6.07 Å². The number of halogens is 2. The third kappa shape index (κ3) is 3.55. The van der Waals surface area contributed by atoms with Crippen LogP contribution in [0.2, 0.25) is 5.02 Å². The summed E-state index contributed by atoms with van der Waals surface area (Å²) in [4.78, 5) is 2.02. The first-order valence-corrected chi connectivity index (χ1v) is 7.32. The Hall–Kier alpha value is -1.58. The maximum atomic E-state index is 14.2. The van der Waals surface area contributed by atoms with Crippen molar-refractivity contribution in [3.05, 3.63) is 64.4 Å². The highest BCUT2D eigenvalue weighted by Crippen LogP contribution is 2.29. The van der Waals surface area contributed by atoms with E-state index in [0.29, 0.717) is 12.1 Å². The first kappa shape index (κ1) is 15.8. The van der Waals surface area contributed by atoms with Gasteiger partial charge in [0.15, 0.2) is 0 Å². The summed E-state index contributed by atoms with van der Waals surface area (Å²) in [7, 11) is 3.78. The highest BCUT2D eigenvalue weighted by atomic mass is 35.5. The zero-order chi connectivity index (χ0) is 15.4. The number of rotatable bonds is 5. The first-order valence-electron chi connectivity index (χ1n) is 6.94. The van der Waals surface area contributed by atoms with Crippen LogP contribution in [0.1, 0.15) is 24.1 Å². The predicted molar refractivity (Wildman–Crippen MR) is 87.4 cm³/mol. The molecule has 0 aliphatic carbocycles. The van der Waals surface area contributed by atoms with Crippen molar-refractivity contribution >= 4 is 17.3 Å². The van der Waals surface area contributed by atoms with Gasteiger partial charge < -0.3 is 10.2 Å². The van der Waals surface area contributed by atoms with Crippen LogP contribution in [0.4, 0.5) is 10.1 Å². The van der Waals surface area contributed by atoms with Gasteiger partial charge >= 0.3 is 0 Å². The minimum absolute atomic E-state index is 0.0603. The van der Waals surface area contributed by atoms with E-state index in [-0.39, 0.29) is 11.9 Å². The third-order valence-corrected chi connectivity index (χ3v) is 4.04. The average Bonchev–Trinajstić information content (AvgIpc) is 2.48. The van der Waals surface area contributed by atoms with Crippen molar-refractivity contribution in [3.8, 4) is 0 Å². The Kier molecular flexibility index (Phi) is 5.21. The SMILES string of the molecule is CNC(C)c1c(F)cccc1N(C)Cc1ccccc1Cl. The Bertz CT molecular complexity index is 615. The standard InChI is InChI=1S/C17H20ClFN2/c1-12(20-2)17-15(19)9-6-10-16(17)21(3)11-13-7-4-5-8-14(13)18/h4-10,12,20H,11H2,1-3H3. The van der Waals surface area contributed by atoms with Crippen LogP contribution in [0, 0.1) is 5.82 Å². The zero-order valence-corrected chi connectivity index (χ0v) is 13.3. The van der Waals surface area contributed by atoms with Gasteiger partial charge in [-0.1, -0.05) is 35.9 Å². The van der Waals surface area contributed by atoms with Crippen molar-refractivity contribution in [3.63, 3.8) is 0 Å². The van der Waals surface area contributed by atoms with Gasteiger partial charge in [0.05, 0.1) is 0 Å². The molecule has 0 heterocycles. The molecule has 0 saturated carbocycles. The molecule has 1 atom stereocenters. The highest BCUT2D eigenvalue weighted by molar-refractivity contribution is 6.31. The lowest BCUT2D eigenvalue weighted by atomic mass is 10.0. The van der Waals surface area contributed by atoms with E-state index in [2.05, 4.69) is 5.32 Å². The van der Waals surface area contributed by atoms with E-state index >= 15 is 0 Å². The van der Waals surface area contributed by atoms with E-state index < -0.39 is 0 Å². The summed E-state index contributed by atoms with van der Waals surface area (Å²) < 4.78 is 14.2. The number of hydrogen-bond acceptors (Lipinski definition) is 2.